The second-order valence-electron chi connectivity index (χ2n) is 9.87. The third-order valence-electron chi connectivity index (χ3n) is 5.67. The number of nitrogens with one attached hydrogen (secondary N) is 2. The maximum atomic E-state index is 12.4. The van der Waals surface area contributed by atoms with Crippen LogP contribution >= 0.6 is 11.8 Å². The smallest absolute Gasteiger partial charge is 0.295 e. The number of amides is 2. The van der Waals surface area contributed by atoms with Gasteiger partial charge in [0.1, 0.15) is 11.4 Å². The fourth-order valence-corrected chi connectivity index (χ4v) is 4.71. The summed E-state index contributed by atoms with van der Waals surface area (Å²) in [6, 6.07) is 11.9. The zero-order valence-corrected chi connectivity index (χ0v) is 24.4. The van der Waals surface area contributed by atoms with E-state index in [2.05, 4.69) is 15.5 Å². The van der Waals surface area contributed by atoms with Crippen LogP contribution in [0.15, 0.2) is 63.4 Å². The molecule has 0 unspecified atom stereocenters. The van der Waals surface area contributed by atoms with Crippen molar-refractivity contribution in [3.8, 4) is 5.75 Å². The minimum absolute atomic E-state index is 0.108. The Kier molecular flexibility index (Phi) is 9.58. The molecule has 1 heterocycles. The van der Waals surface area contributed by atoms with Gasteiger partial charge in [-0.2, -0.15) is 4.68 Å². The first kappa shape index (κ1) is 30.6. The number of para-hydroxylation sites is 1. The van der Waals surface area contributed by atoms with Gasteiger partial charge in [-0.1, -0.05) is 44.7 Å². The molecule has 214 valence electrons. The predicted octanol–water partition coefficient (Wildman–Crippen LogP) is 2.08. The van der Waals surface area contributed by atoms with Gasteiger partial charge in [-0.3, -0.25) is 14.4 Å². The number of carbonyl (C=O) groups is 2. The highest BCUT2D eigenvalue weighted by atomic mass is 32.2. The van der Waals surface area contributed by atoms with E-state index in [9.17, 15) is 22.8 Å². The number of nitrogens with two attached hydrogens (primary N) is 1. The molecule has 40 heavy (non-hydrogen) atoms. The first-order chi connectivity index (χ1) is 18.8. The molecule has 1 fully saturated rings. The van der Waals surface area contributed by atoms with Crippen LogP contribution in [0.3, 0.4) is 0 Å². The number of rotatable bonds is 7. The van der Waals surface area contributed by atoms with Gasteiger partial charge in [0.2, 0.25) is 5.16 Å². The van der Waals surface area contributed by atoms with Crippen LogP contribution in [0.5, 0.6) is 5.75 Å². The maximum absolute atomic E-state index is 12.4. The molecule has 0 atom stereocenters. The van der Waals surface area contributed by atoms with Crippen molar-refractivity contribution in [2.75, 3.05) is 19.2 Å². The number of hydrogen-bond acceptors (Lipinski definition) is 10. The number of nitrogen functional groups attached to an aromatic ring is 1. The predicted molar refractivity (Wildman–Crippen MR) is 151 cm³/mol. The number of carbonyl (C=O) groups excluding carboxylic acids is 2. The third kappa shape index (κ3) is 7.60. The molecule has 0 spiro atoms. The van der Waals surface area contributed by atoms with E-state index in [0.717, 1.165) is 17.5 Å². The normalized spacial score (nSPS) is 13.0. The molecular formula is C26H32N6O6S2. The molecule has 2 amide bonds. The Balaban J connectivity index is 0.000000267. The van der Waals surface area contributed by atoms with Crippen molar-refractivity contribution in [1.82, 2.24) is 24.9 Å². The largest absolute Gasteiger partial charge is 0.496 e. The van der Waals surface area contributed by atoms with Gasteiger partial charge in [0.15, 0.2) is 0 Å². The van der Waals surface area contributed by atoms with Crippen molar-refractivity contribution in [3.63, 3.8) is 0 Å². The molecule has 4 rings (SSSR count). The van der Waals surface area contributed by atoms with Crippen LogP contribution in [0.1, 0.15) is 60.0 Å². The Morgan fingerprint density at radius 1 is 1.05 bits per heavy atom. The van der Waals surface area contributed by atoms with Gasteiger partial charge < -0.3 is 15.9 Å². The van der Waals surface area contributed by atoms with E-state index in [1.165, 1.54) is 49.2 Å². The topological polar surface area (TPSA) is 175 Å². The van der Waals surface area contributed by atoms with Gasteiger partial charge >= 0.3 is 0 Å². The number of thioether (sulfide) groups is 1. The Labute approximate surface area is 236 Å². The van der Waals surface area contributed by atoms with Crippen molar-refractivity contribution < 1.29 is 22.7 Å². The molecule has 0 bridgehead atoms. The highest BCUT2D eigenvalue weighted by Crippen LogP contribution is 2.21. The number of methoxy groups -OCH3 is 1. The Morgan fingerprint density at radius 3 is 2.23 bits per heavy atom. The van der Waals surface area contributed by atoms with E-state index in [0.29, 0.717) is 16.4 Å². The first-order valence-corrected chi connectivity index (χ1v) is 14.9. The number of ether oxygens (including phenoxy) is 1. The molecule has 3 aromatic rings. The lowest BCUT2D eigenvalue weighted by molar-refractivity contribution is 0.0948. The van der Waals surface area contributed by atoms with Crippen molar-refractivity contribution in [2.24, 2.45) is 0 Å². The monoisotopic (exact) mass is 588 g/mol. The number of hydrogen-bond donors (Lipinski definition) is 3. The molecule has 2 aromatic carbocycles. The van der Waals surface area contributed by atoms with Crippen molar-refractivity contribution in [2.45, 2.75) is 55.1 Å². The van der Waals surface area contributed by atoms with E-state index >= 15 is 0 Å². The Morgan fingerprint density at radius 2 is 1.68 bits per heavy atom. The standard InChI is InChI=1S/C18H18N2O5S.C8H14N4OS/c1-25-16-5-3-2-4-15(16)18(22)20-26(23,24)14-10-6-12(7-11-14)17(21)19-13-8-9-13;1-8(2,3)5-6(13)12(9)7(14-4)11-10-5/h2-7,10-11,13H,8-9H2,1H3,(H,19,21)(H,20,22);9H2,1-4H3. The second-order valence-corrected chi connectivity index (χ2v) is 12.3. The molecule has 0 aliphatic heterocycles. The minimum atomic E-state index is -4.07. The van der Waals surface area contributed by atoms with Gasteiger partial charge in [0.25, 0.3) is 27.4 Å². The van der Waals surface area contributed by atoms with Crippen LogP contribution in [0.4, 0.5) is 0 Å². The van der Waals surface area contributed by atoms with Crippen LogP contribution < -0.4 is 26.2 Å². The maximum Gasteiger partial charge on any atom is 0.295 e. The van der Waals surface area contributed by atoms with Gasteiger partial charge in [-0.25, -0.2) is 13.1 Å². The summed E-state index contributed by atoms with van der Waals surface area (Å²) in [5, 5.41) is 11.0. The van der Waals surface area contributed by atoms with Gasteiger partial charge in [-0.05, 0) is 55.5 Å². The van der Waals surface area contributed by atoms with E-state index < -0.39 is 15.9 Å². The summed E-state index contributed by atoms with van der Waals surface area (Å²) in [5.74, 6) is 4.81. The minimum Gasteiger partial charge on any atom is -0.496 e. The number of sulfonamides is 1. The zero-order valence-electron chi connectivity index (χ0n) is 22.8. The summed E-state index contributed by atoms with van der Waals surface area (Å²) in [6.07, 6.45) is 3.73. The van der Waals surface area contributed by atoms with Gasteiger partial charge in [0.05, 0.1) is 17.6 Å². The summed E-state index contributed by atoms with van der Waals surface area (Å²) >= 11 is 1.29. The summed E-state index contributed by atoms with van der Waals surface area (Å²) in [6.45, 7) is 5.70. The van der Waals surface area contributed by atoms with Crippen LogP contribution in [-0.2, 0) is 15.4 Å². The van der Waals surface area contributed by atoms with Gasteiger partial charge in [-0.15, -0.1) is 10.2 Å². The molecule has 1 saturated carbocycles. The Hall–Kier alpha value is -3.91. The SMILES string of the molecule is COc1ccccc1C(=O)NS(=O)(=O)c1ccc(C(=O)NC2CC2)cc1.CSc1nnc(C(C)(C)C)c(=O)n1N. The quantitative estimate of drug-likeness (QED) is 0.274. The van der Waals surface area contributed by atoms with Gasteiger partial charge in [0, 0.05) is 17.0 Å². The van der Waals surface area contributed by atoms with Crippen molar-refractivity contribution >= 4 is 33.6 Å². The molecule has 1 aliphatic rings. The average Bonchev–Trinajstić information content (AvgIpc) is 3.73. The number of aromatic nitrogens is 3. The van der Waals surface area contributed by atoms with E-state index in [1.54, 1.807) is 24.5 Å². The lowest BCUT2D eigenvalue weighted by Gasteiger charge is -2.16. The van der Waals surface area contributed by atoms with E-state index in [1.807, 2.05) is 25.5 Å². The van der Waals surface area contributed by atoms with Crippen LogP contribution in [0, 0.1) is 0 Å². The lowest BCUT2D eigenvalue weighted by Crippen LogP contribution is -2.37. The summed E-state index contributed by atoms with van der Waals surface area (Å²) < 4.78 is 32.9. The molecule has 14 heteroatoms. The molecule has 0 saturated heterocycles. The van der Waals surface area contributed by atoms with Crippen LogP contribution in [0.25, 0.3) is 0 Å². The fourth-order valence-electron chi connectivity index (χ4n) is 3.34. The molecule has 0 radical (unpaired) electrons. The van der Waals surface area contributed by atoms with Crippen LogP contribution in [-0.4, -0.2) is 54.5 Å². The average molecular weight is 589 g/mol. The van der Waals surface area contributed by atoms with E-state index in [-0.39, 0.29) is 39.1 Å². The summed E-state index contributed by atoms with van der Waals surface area (Å²) in [7, 11) is -2.68. The van der Waals surface area contributed by atoms with Crippen molar-refractivity contribution in [3.05, 3.63) is 75.7 Å². The molecular weight excluding hydrogens is 556 g/mol. The third-order valence-corrected chi connectivity index (χ3v) is 7.66. The highest BCUT2D eigenvalue weighted by Gasteiger charge is 2.25. The first-order valence-electron chi connectivity index (χ1n) is 12.2. The number of nitrogens with zero attached hydrogens (tertiary/aromatic N) is 3. The molecule has 12 nitrogen and oxygen atoms in total. The summed E-state index contributed by atoms with van der Waals surface area (Å²) in [4.78, 5) is 35.8. The zero-order chi connectivity index (χ0) is 29.7. The molecule has 1 aromatic heterocycles. The van der Waals surface area contributed by atoms with Crippen molar-refractivity contribution in [1.29, 1.82) is 0 Å². The molecule has 1 aliphatic carbocycles. The summed E-state index contributed by atoms with van der Waals surface area (Å²) in [5.41, 5.74) is 0.253. The molecule has 4 N–H and O–H groups in total. The Bertz CT molecular complexity index is 1550. The van der Waals surface area contributed by atoms with E-state index in [4.69, 9.17) is 10.6 Å². The number of benzene rings is 2. The van der Waals surface area contributed by atoms with Crippen LogP contribution in [0.2, 0.25) is 0 Å². The highest BCUT2D eigenvalue weighted by molar-refractivity contribution is 7.98. The second kappa shape index (κ2) is 12.5. The fraction of sp³-hybridized carbons (Fsp3) is 0.346. The lowest BCUT2D eigenvalue weighted by atomic mass is 9.93.